The molecule has 4 nitrogen and oxygen atoms in total. The highest BCUT2D eigenvalue weighted by atomic mass is 16.6. The molecule has 0 spiro atoms. The molecule has 0 aliphatic heterocycles. The summed E-state index contributed by atoms with van der Waals surface area (Å²) in [6.45, 7) is 8.74. The molecule has 0 bridgehead atoms. The third kappa shape index (κ3) is 6.38. The Morgan fingerprint density at radius 1 is 1.29 bits per heavy atom. The third-order valence-electron chi connectivity index (χ3n) is 1.35. The van der Waals surface area contributed by atoms with E-state index in [9.17, 15) is 9.59 Å². The van der Waals surface area contributed by atoms with Gasteiger partial charge >= 0.3 is 5.97 Å². The normalized spacial score (nSPS) is 11.8. The van der Waals surface area contributed by atoms with Gasteiger partial charge in [0.15, 0.2) is 0 Å². The molecule has 0 atom stereocenters. The number of nitrogens with zero attached hydrogens (tertiary/aromatic N) is 1. The van der Waals surface area contributed by atoms with Gasteiger partial charge in [-0.3, -0.25) is 4.79 Å². The minimum Gasteiger partial charge on any atom is -0.460 e. The van der Waals surface area contributed by atoms with E-state index in [4.69, 9.17) is 4.74 Å². The molecular formula is C10H17NO3. The summed E-state index contributed by atoms with van der Waals surface area (Å²) in [7, 11) is 0. The molecule has 0 saturated heterocycles. The molecule has 4 heteroatoms. The van der Waals surface area contributed by atoms with Crippen LogP contribution in [0.1, 0.15) is 41.0 Å². The first-order valence-electron chi connectivity index (χ1n) is 4.47. The van der Waals surface area contributed by atoms with E-state index in [0.717, 1.165) is 0 Å². The maximum Gasteiger partial charge on any atom is 0.308 e. The van der Waals surface area contributed by atoms with Crippen LogP contribution >= 0.6 is 0 Å². The van der Waals surface area contributed by atoms with Crippen LogP contribution in [-0.4, -0.2) is 23.2 Å². The van der Waals surface area contributed by atoms with Gasteiger partial charge in [0.25, 0.3) is 0 Å². The first-order chi connectivity index (χ1) is 6.16. The van der Waals surface area contributed by atoms with E-state index in [1.165, 1.54) is 6.08 Å². The summed E-state index contributed by atoms with van der Waals surface area (Å²) in [6, 6.07) is 0. The lowest BCUT2D eigenvalue weighted by Crippen LogP contribution is -2.29. The summed E-state index contributed by atoms with van der Waals surface area (Å²) in [5.41, 5.74) is -1.23. The highest BCUT2D eigenvalue weighted by molar-refractivity contribution is 5.71. The van der Waals surface area contributed by atoms with E-state index in [2.05, 4.69) is 4.99 Å². The fourth-order valence-corrected chi connectivity index (χ4v) is 0.894. The number of aliphatic imine (C=N–C) groups is 1. The van der Waals surface area contributed by atoms with Crippen LogP contribution in [0.4, 0.5) is 0 Å². The minimum absolute atomic E-state index is 0.0828. The Hall–Kier alpha value is -1.15. The highest BCUT2D eigenvalue weighted by Crippen LogP contribution is 2.17. The van der Waals surface area contributed by atoms with Crippen LogP contribution in [0.5, 0.6) is 0 Å². The van der Waals surface area contributed by atoms with Gasteiger partial charge in [-0.25, -0.2) is 4.79 Å². The molecule has 0 aromatic rings. The second kappa shape index (κ2) is 4.38. The van der Waals surface area contributed by atoms with Gasteiger partial charge in [0, 0.05) is 0 Å². The molecule has 0 unspecified atom stereocenters. The van der Waals surface area contributed by atoms with Gasteiger partial charge in [-0.05, 0) is 34.6 Å². The zero-order valence-corrected chi connectivity index (χ0v) is 9.38. The molecular weight excluding hydrogens is 182 g/mol. The number of carbonyl (C=O) groups excluding carboxylic acids is 2. The van der Waals surface area contributed by atoms with Crippen molar-refractivity contribution in [2.75, 3.05) is 0 Å². The predicted molar refractivity (Wildman–Crippen MR) is 52.7 cm³/mol. The highest BCUT2D eigenvalue weighted by Gasteiger charge is 2.25. The predicted octanol–water partition coefficient (Wildman–Crippen LogP) is 1.83. The summed E-state index contributed by atoms with van der Waals surface area (Å²) in [5, 5.41) is 0. The molecule has 0 rings (SSSR count). The third-order valence-corrected chi connectivity index (χ3v) is 1.35. The van der Waals surface area contributed by atoms with Crippen molar-refractivity contribution in [2.45, 2.75) is 52.2 Å². The molecule has 0 aliphatic carbocycles. The zero-order valence-electron chi connectivity index (χ0n) is 9.38. The van der Waals surface area contributed by atoms with Gasteiger partial charge in [-0.2, -0.15) is 4.99 Å². The van der Waals surface area contributed by atoms with E-state index in [0.29, 0.717) is 0 Å². The van der Waals surface area contributed by atoms with Crippen molar-refractivity contribution in [3.05, 3.63) is 0 Å². The number of carbonyl (C=O) groups is 1. The molecule has 0 amide bonds. The van der Waals surface area contributed by atoms with E-state index < -0.39 is 11.1 Å². The quantitative estimate of drug-likeness (QED) is 0.396. The second-order valence-corrected chi connectivity index (χ2v) is 4.78. The molecule has 0 saturated carbocycles. The maximum absolute atomic E-state index is 11.3. The molecule has 0 radical (unpaired) electrons. The summed E-state index contributed by atoms with van der Waals surface area (Å²) >= 11 is 0. The fraction of sp³-hybridized carbons (Fsp3) is 0.800. The van der Waals surface area contributed by atoms with Gasteiger partial charge in [-0.1, -0.05) is 0 Å². The molecule has 14 heavy (non-hydrogen) atoms. The van der Waals surface area contributed by atoms with Crippen molar-refractivity contribution in [1.29, 1.82) is 0 Å². The van der Waals surface area contributed by atoms with Crippen molar-refractivity contribution in [3.8, 4) is 0 Å². The number of isocyanates is 1. The average molecular weight is 199 g/mol. The topological polar surface area (TPSA) is 55.7 Å². The molecule has 0 aromatic carbocycles. The first kappa shape index (κ1) is 12.8. The molecule has 0 heterocycles. The Morgan fingerprint density at radius 2 is 1.79 bits per heavy atom. The van der Waals surface area contributed by atoms with Gasteiger partial charge in [-0.15, -0.1) is 0 Å². The van der Waals surface area contributed by atoms with Crippen LogP contribution in [0.15, 0.2) is 4.99 Å². The Labute approximate surface area is 84.4 Å². The van der Waals surface area contributed by atoms with Gasteiger partial charge in [0.05, 0.1) is 12.0 Å². The van der Waals surface area contributed by atoms with Crippen LogP contribution in [0.2, 0.25) is 0 Å². The van der Waals surface area contributed by atoms with Crippen LogP contribution in [-0.2, 0) is 14.3 Å². The van der Waals surface area contributed by atoms with Gasteiger partial charge in [0.2, 0.25) is 6.08 Å². The molecule has 0 aromatic heterocycles. The summed E-state index contributed by atoms with van der Waals surface area (Å²) < 4.78 is 5.09. The molecule has 80 valence electrons. The number of esters is 1. The average Bonchev–Trinajstić information content (AvgIpc) is 1.78. The second-order valence-electron chi connectivity index (χ2n) is 4.78. The summed E-state index contributed by atoms with van der Waals surface area (Å²) in [4.78, 5) is 24.9. The SMILES string of the molecule is CC(C)(CC(=O)OC(C)(C)C)N=C=O. The lowest BCUT2D eigenvalue weighted by Gasteiger charge is -2.22. The molecule has 0 fully saturated rings. The van der Waals surface area contributed by atoms with Gasteiger partial charge < -0.3 is 4.74 Å². The molecule has 0 aliphatic rings. The smallest absolute Gasteiger partial charge is 0.308 e. The van der Waals surface area contributed by atoms with Crippen LogP contribution in [0.3, 0.4) is 0 Å². The van der Waals surface area contributed by atoms with E-state index in [1.807, 2.05) is 0 Å². The van der Waals surface area contributed by atoms with Crippen molar-refractivity contribution in [3.63, 3.8) is 0 Å². The standard InChI is InChI=1S/C10H17NO3/c1-9(2,3)14-8(13)6-10(4,5)11-7-12/h6H2,1-5H3. The summed E-state index contributed by atoms with van der Waals surface area (Å²) in [5.74, 6) is -0.360. The van der Waals surface area contributed by atoms with Crippen molar-refractivity contribution in [1.82, 2.24) is 0 Å². The Bertz CT molecular complexity index is 257. The summed E-state index contributed by atoms with van der Waals surface area (Å²) in [6.07, 6.45) is 1.53. The van der Waals surface area contributed by atoms with Gasteiger partial charge in [0.1, 0.15) is 5.60 Å². The lowest BCUT2D eigenvalue weighted by atomic mass is 10.0. The number of hydrogen-bond donors (Lipinski definition) is 0. The largest absolute Gasteiger partial charge is 0.460 e. The zero-order chi connectivity index (χ0) is 11.4. The fourth-order valence-electron chi connectivity index (χ4n) is 0.894. The first-order valence-corrected chi connectivity index (χ1v) is 4.47. The van der Waals surface area contributed by atoms with Crippen molar-refractivity contribution < 1.29 is 14.3 Å². The van der Waals surface area contributed by atoms with Crippen LogP contribution < -0.4 is 0 Å². The minimum atomic E-state index is -0.732. The van der Waals surface area contributed by atoms with E-state index >= 15 is 0 Å². The van der Waals surface area contributed by atoms with Crippen LogP contribution in [0.25, 0.3) is 0 Å². The van der Waals surface area contributed by atoms with Crippen LogP contribution in [0, 0.1) is 0 Å². The molecule has 0 N–H and O–H groups in total. The van der Waals surface area contributed by atoms with E-state index in [1.54, 1.807) is 34.6 Å². The maximum atomic E-state index is 11.3. The number of ether oxygens (including phenoxy) is 1. The lowest BCUT2D eigenvalue weighted by molar-refractivity contribution is -0.155. The number of rotatable bonds is 3. The van der Waals surface area contributed by atoms with E-state index in [-0.39, 0.29) is 12.4 Å². The number of hydrogen-bond acceptors (Lipinski definition) is 4. The Morgan fingerprint density at radius 3 is 2.14 bits per heavy atom. The monoisotopic (exact) mass is 199 g/mol. The van der Waals surface area contributed by atoms with Crippen molar-refractivity contribution in [2.24, 2.45) is 4.99 Å². The Kier molecular flexibility index (Phi) is 4.02. The Balaban J connectivity index is 4.26. The van der Waals surface area contributed by atoms with Crippen molar-refractivity contribution >= 4 is 12.0 Å².